The maximum absolute atomic E-state index is 10.6. The lowest BCUT2D eigenvalue weighted by molar-refractivity contribution is 0.112. The van der Waals surface area contributed by atoms with Crippen LogP contribution in [0.1, 0.15) is 10.4 Å². The van der Waals surface area contributed by atoms with Crippen LogP contribution in [0.25, 0.3) is 10.1 Å². The van der Waals surface area contributed by atoms with E-state index in [1.54, 1.807) is 17.4 Å². The molecule has 0 aliphatic heterocycles. The van der Waals surface area contributed by atoms with Crippen molar-refractivity contribution in [3.8, 4) is 0 Å². The van der Waals surface area contributed by atoms with Crippen LogP contribution in [-0.4, -0.2) is 6.29 Å². The number of aldehydes is 1. The molecule has 1 heterocycles. The van der Waals surface area contributed by atoms with E-state index < -0.39 is 0 Å². The number of benzene rings is 1. The zero-order chi connectivity index (χ0) is 9.42. The fraction of sp³-hybridized carbons (Fsp3) is 0. The van der Waals surface area contributed by atoms with Gasteiger partial charge in [-0.3, -0.25) is 4.79 Å². The Hall–Kier alpha value is -0.510. The molecular formula is C9H5ClOS2. The number of halogens is 1. The van der Waals surface area contributed by atoms with E-state index in [-0.39, 0.29) is 0 Å². The van der Waals surface area contributed by atoms with Gasteiger partial charge in [0.25, 0.3) is 0 Å². The van der Waals surface area contributed by atoms with Crippen LogP contribution < -0.4 is 0 Å². The third-order valence-electron chi connectivity index (χ3n) is 1.81. The van der Waals surface area contributed by atoms with Crippen molar-refractivity contribution in [2.45, 2.75) is 4.90 Å². The van der Waals surface area contributed by atoms with Crippen molar-refractivity contribution in [3.63, 3.8) is 0 Å². The van der Waals surface area contributed by atoms with E-state index in [1.165, 1.54) is 0 Å². The maximum Gasteiger partial charge on any atom is 0.151 e. The van der Waals surface area contributed by atoms with Crippen LogP contribution in [-0.2, 0) is 0 Å². The lowest BCUT2D eigenvalue weighted by Gasteiger charge is -2.00. The normalized spacial score (nSPS) is 10.6. The number of thiol groups is 1. The molecule has 2 rings (SSSR count). The quantitative estimate of drug-likeness (QED) is 0.582. The molecule has 2 aromatic rings. The van der Waals surface area contributed by atoms with Crippen molar-refractivity contribution in [2.75, 3.05) is 0 Å². The van der Waals surface area contributed by atoms with Crippen molar-refractivity contribution < 1.29 is 4.79 Å². The van der Waals surface area contributed by atoms with Crippen LogP contribution in [0.5, 0.6) is 0 Å². The van der Waals surface area contributed by atoms with E-state index in [4.69, 9.17) is 11.6 Å². The highest BCUT2D eigenvalue weighted by Gasteiger charge is 2.08. The Balaban J connectivity index is 2.93. The van der Waals surface area contributed by atoms with Gasteiger partial charge in [0.2, 0.25) is 0 Å². The molecule has 0 aliphatic carbocycles. The summed E-state index contributed by atoms with van der Waals surface area (Å²) in [5, 5.41) is 3.36. The molecule has 66 valence electrons. The number of thiophene rings is 1. The lowest BCUT2D eigenvalue weighted by atomic mass is 10.2. The first-order valence-electron chi connectivity index (χ1n) is 3.58. The summed E-state index contributed by atoms with van der Waals surface area (Å²) in [6.07, 6.45) is 0.749. The van der Waals surface area contributed by atoms with Gasteiger partial charge >= 0.3 is 0 Å². The number of carbonyl (C=O) groups is 1. The van der Waals surface area contributed by atoms with E-state index in [2.05, 4.69) is 12.6 Å². The second-order valence-electron chi connectivity index (χ2n) is 2.58. The first kappa shape index (κ1) is 9.06. The predicted molar refractivity (Wildman–Crippen MR) is 59.5 cm³/mol. The third-order valence-corrected chi connectivity index (χ3v) is 3.68. The predicted octanol–water partition coefficient (Wildman–Crippen LogP) is 3.66. The van der Waals surface area contributed by atoms with Crippen LogP contribution in [0.4, 0.5) is 0 Å². The molecule has 0 saturated carbocycles. The maximum atomic E-state index is 10.6. The Morgan fingerprint density at radius 3 is 3.00 bits per heavy atom. The zero-order valence-electron chi connectivity index (χ0n) is 6.45. The summed E-state index contributed by atoms with van der Waals surface area (Å²) in [6.45, 7) is 0. The van der Waals surface area contributed by atoms with Crippen molar-refractivity contribution in [2.24, 2.45) is 0 Å². The largest absolute Gasteiger partial charge is 0.298 e. The van der Waals surface area contributed by atoms with E-state index in [1.807, 2.05) is 11.4 Å². The van der Waals surface area contributed by atoms with Gasteiger partial charge in [-0.2, -0.15) is 0 Å². The average Bonchev–Trinajstić information content (AvgIpc) is 2.60. The summed E-state index contributed by atoms with van der Waals surface area (Å²) in [7, 11) is 0. The highest BCUT2D eigenvalue weighted by molar-refractivity contribution is 7.80. The zero-order valence-corrected chi connectivity index (χ0v) is 8.92. The molecule has 0 aliphatic rings. The summed E-state index contributed by atoms with van der Waals surface area (Å²) in [4.78, 5) is 11.4. The highest BCUT2D eigenvalue weighted by atomic mass is 35.5. The SMILES string of the molecule is O=Cc1cc(S)c2sccc2c1Cl. The molecule has 0 bridgehead atoms. The van der Waals surface area contributed by atoms with Gasteiger partial charge in [-0.15, -0.1) is 24.0 Å². The fourth-order valence-electron chi connectivity index (χ4n) is 1.20. The summed E-state index contributed by atoms with van der Waals surface area (Å²) >= 11 is 11.8. The fourth-order valence-corrected chi connectivity index (χ4v) is 2.75. The summed E-state index contributed by atoms with van der Waals surface area (Å²) in [5.74, 6) is 0. The molecule has 1 aromatic carbocycles. The number of fused-ring (bicyclic) bond motifs is 1. The Bertz CT molecular complexity index is 476. The van der Waals surface area contributed by atoms with E-state index in [0.717, 1.165) is 21.3 Å². The summed E-state index contributed by atoms with van der Waals surface area (Å²) in [5.41, 5.74) is 0.498. The molecule has 13 heavy (non-hydrogen) atoms. The molecule has 0 spiro atoms. The van der Waals surface area contributed by atoms with Gasteiger partial charge in [0.15, 0.2) is 6.29 Å². The lowest BCUT2D eigenvalue weighted by Crippen LogP contribution is -1.82. The number of hydrogen-bond acceptors (Lipinski definition) is 3. The Kier molecular flexibility index (Phi) is 2.32. The van der Waals surface area contributed by atoms with Crippen molar-refractivity contribution in [1.29, 1.82) is 0 Å². The molecule has 1 aromatic heterocycles. The van der Waals surface area contributed by atoms with Crippen LogP contribution in [0.3, 0.4) is 0 Å². The van der Waals surface area contributed by atoms with Gasteiger partial charge in [-0.05, 0) is 17.5 Å². The second-order valence-corrected chi connectivity index (χ2v) is 4.36. The Morgan fingerprint density at radius 1 is 1.54 bits per heavy atom. The standard InChI is InChI=1S/C9H5ClOS2/c10-8-5(4-11)3-7(12)9-6(8)1-2-13-9/h1-4,12H. The number of rotatable bonds is 1. The second kappa shape index (κ2) is 3.33. The monoisotopic (exact) mass is 228 g/mol. The van der Waals surface area contributed by atoms with Crippen molar-refractivity contribution in [1.82, 2.24) is 0 Å². The molecule has 0 atom stereocenters. The van der Waals surface area contributed by atoms with Gasteiger partial charge in [-0.25, -0.2) is 0 Å². The number of carbonyl (C=O) groups excluding carboxylic acids is 1. The molecule has 1 nitrogen and oxygen atoms in total. The molecule has 0 amide bonds. The Labute approximate surface area is 89.7 Å². The minimum atomic E-state index is 0.498. The van der Waals surface area contributed by atoms with Crippen LogP contribution in [0.15, 0.2) is 22.4 Å². The van der Waals surface area contributed by atoms with Crippen LogP contribution in [0, 0.1) is 0 Å². The number of hydrogen-bond donors (Lipinski definition) is 1. The smallest absolute Gasteiger partial charge is 0.151 e. The highest BCUT2D eigenvalue weighted by Crippen LogP contribution is 2.34. The minimum Gasteiger partial charge on any atom is -0.298 e. The van der Waals surface area contributed by atoms with Gasteiger partial charge in [0, 0.05) is 20.5 Å². The topological polar surface area (TPSA) is 17.1 Å². The van der Waals surface area contributed by atoms with Crippen molar-refractivity contribution in [3.05, 3.63) is 28.1 Å². The van der Waals surface area contributed by atoms with Gasteiger partial charge in [-0.1, -0.05) is 11.6 Å². The molecule has 4 heteroatoms. The van der Waals surface area contributed by atoms with Crippen LogP contribution in [0.2, 0.25) is 5.02 Å². The third kappa shape index (κ3) is 1.37. The summed E-state index contributed by atoms with van der Waals surface area (Å²) < 4.78 is 1.03. The Morgan fingerprint density at radius 2 is 2.31 bits per heavy atom. The van der Waals surface area contributed by atoms with Gasteiger partial charge < -0.3 is 0 Å². The molecule has 0 radical (unpaired) electrons. The first-order chi connectivity index (χ1) is 6.24. The minimum absolute atomic E-state index is 0.498. The van der Waals surface area contributed by atoms with E-state index in [0.29, 0.717) is 10.6 Å². The molecule has 0 fully saturated rings. The molecule has 0 saturated heterocycles. The van der Waals surface area contributed by atoms with Crippen LogP contribution >= 0.6 is 35.6 Å². The molecule has 0 unspecified atom stereocenters. The summed E-state index contributed by atoms with van der Waals surface area (Å²) in [6, 6.07) is 3.59. The van der Waals surface area contributed by atoms with E-state index >= 15 is 0 Å². The van der Waals surface area contributed by atoms with E-state index in [9.17, 15) is 4.79 Å². The first-order valence-corrected chi connectivity index (χ1v) is 5.28. The van der Waals surface area contributed by atoms with Gasteiger partial charge in [0.05, 0.1) is 5.02 Å². The molecule has 0 N–H and O–H groups in total. The average molecular weight is 229 g/mol. The van der Waals surface area contributed by atoms with Gasteiger partial charge in [0.1, 0.15) is 0 Å². The van der Waals surface area contributed by atoms with Crippen molar-refractivity contribution >= 4 is 51.9 Å². The molecular weight excluding hydrogens is 224 g/mol.